The molecule has 3 nitrogen and oxygen atoms in total. The van der Waals surface area contributed by atoms with E-state index in [4.69, 9.17) is 11.6 Å². The minimum Gasteiger partial charge on any atom is -0.352 e. The van der Waals surface area contributed by atoms with Gasteiger partial charge in [0.25, 0.3) is 5.91 Å². The fraction of sp³-hybridized carbons (Fsp3) is 0.588. The van der Waals surface area contributed by atoms with E-state index >= 15 is 0 Å². The normalized spacial score (nSPS) is 22.5. The van der Waals surface area contributed by atoms with Gasteiger partial charge in [-0.1, -0.05) is 25.4 Å². The summed E-state index contributed by atoms with van der Waals surface area (Å²) in [4.78, 5) is 14.4. The van der Waals surface area contributed by atoms with Crippen LogP contribution in [-0.4, -0.2) is 37.0 Å². The summed E-state index contributed by atoms with van der Waals surface area (Å²) in [7, 11) is 0. The largest absolute Gasteiger partial charge is 0.352 e. The second-order valence-corrected chi connectivity index (χ2v) is 6.88. The fourth-order valence-corrected chi connectivity index (χ4v) is 3.41. The summed E-state index contributed by atoms with van der Waals surface area (Å²) in [6.07, 6.45) is 2.17. The molecule has 1 saturated heterocycles. The van der Waals surface area contributed by atoms with Gasteiger partial charge in [-0.3, -0.25) is 4.79 Å². The maximum atomic E-state index is 13.6. The van der Waals surface area contributed by atoms with Crippen LogP contribution in [0.1, 0.15) is 37.0 Å². The van der Waals surface area contributed by atoms with Crippen LogP contribution in [0.15, 0.2) is 18.2 Å². The van der Waals surface area contributed by atoms with Gasteiger partial charge in [0.15, 0.2) is 0 Å². The average Bonchev–Trinajstić information content (AvgIpc) is 2.42. The molecule has 122 valence electrons. The molecule has 1 amide bonds. The highest BCUT2D eigenvalue weighted by molar-refractivity contribution is 6.30. The molecule has 0 aliphatic carbocycles. The summed E-state index contributed by atoms with van der Waals surface area (Å²) < 4.78 is 13.6. The lowest BCUT2D eigenvalue weighted by Gasteiger charge is -2.34. The van der Waals surface area contributed by atoms with E-state index in [1.807, 2.05) is 0 Å². The van der Waals surface area contributed by atoms with Crippen molar-refractivity contribution < 1.29 is 9.18 Å². The molecule has 2 atom stereocenters. The van der Waals surface area contributed by atoms with Crippen molar-refractivity contribution in [2.75, 3.05) is 26.2 Å². The van der Waals surface area contributed by atoms with Crippen LogP contribution in [0, 0.1) is 17.7 Å². The monoisotopic (exact) mass is 326 g/mol. The number of rotatable bonds is 5. The van der Waals surface area contributed by atoms with Crippen molar-refractivity contribution in [1.82, 2.24) is 10.2 Å². The predicted molar refractivity (Wildman–Crippen MR) is 87.7 cm³/mol. The molecule has 0 bridgehead atoms. The smallest absolute Gasteiger partial charge is 0.254 e. The first kappa shape index (κ1) is 17.2. The van der Waals surface area contributed by atoms with Crippen molar-refractivity contribution in [3.63, 3.8) is 0 Å². The Hall–Kier alpha value is -1.13. The molecule has 2 rings (SSSR count). The number of amides is 1. The lowest BCUT2D eigenvalue weighted by atomic mass is 9.92. The molecule has 0 spiro atoms. The number of nitrogens with one attached hydrogen (secondary N) is 1. The Labute approximate surface area is 136 Å². The third kappa shape index (κ3) is 4.96. The van der Waals surface area contributed by atoms with Gasteiger partial charge in [-0.2, -0.15) is 0 Å². The summed E-state index contributed by atoms with van der Waals surface area (Å²) in [6.45, 7) is 8.36. The minimum atomic E-state index is -0.580. The van der Waals surface area contributed by atoms with E-state index in [-0.39, 0.29) is 11.5 Å². The third-order valence-electron chi connectivity index (χ3n) is 4.06. The standard InChI is InChI=1S/C17H24ClFN2O/c1-12-8-13(2)11-21(10-12)7-3-6-20-17(22)15-5-4-14(18)9-16(15)19/h4-5,9,12-13H,3,6-8,10-11H2,1-2H3,(H,20,22)/t12-,13-/m0/s1. The van der Waals surface area contributed by atoms with E-state index in [0.29, 0.717) is 11.6 Å². The number of nitrogens with zero attached hydrogens (tertiary/aromatic N) is 1. The highest BCUT2D eigenvalue weighted by Crippen LogP contribution is 2.20. The maximum Gasteiger partial charge on any atom is 0.254 e. The third-order valence-corrected chi connectivity index (χ3v) is 4.29. The topological polar surface area (TPSA) is 32.3 Å². The zero-order valence-electron chi connectivity index (χ0n) is 13.2. The average molecular weight is 327 g/mol. The summed E-state index contributed by atoms with van der Waals surface area (Å²) in [5.74, 6) is 0.515. The molecule has 1 aromatic carbocycles. The summed E-state index contributed by atoms with van der Waals surface area (Å²) in [5, 5.41) is 3.07. The van der Waals surface area contributed by atoms with E-state index in [1.54, 1.807) is 0 Å². The highest BCUT2D eigenvalue weighted by atomic mass is 35.5. The van der Waals surface area contributed by atoms with Crippen LogP contribution >= 0.6 is 11.6 Å². The van der Waals surface area contributed by atoms with Gasteiger partial charge in [-0.05, 0) is 49.4 Å². The Balaban J connectivity index is 1.73. The fourth-order valence-electron chi connectivity index (χ4n) is 3.25. The number of likely N-dealkylation sites (tertiary alicyclic amines) is 1. The summed E-state index contributed by atoms with van der Waals surface area (Å²) >= 11 is 5.68. The number of hydrogen-bond donors (Lipinski definition) is 1. The first-order valence-electron chi connectivity index (χ1n) is 7.91. The molecule has 0 radical (unpaired) electrons. The zero-order valence-corrected chi connectivity index (χ0v) is 14.0. The van der Waals surface area contributed by atoms with Gasteiger partial charge in [-0.15, -0.1) is 0 Å². The Morgan fingerprint density at radius 3 is 2.68 bits per heavy atom. The molecule has 1 heterocycles. The number of benzene rings is 1. The molecule has 1 N–H and O–H groups in total. The predicted octanol–water partition coefficient (Wildman–Crippen LogP) is 3.58. The highest BCUT2D eigenvalue weighted by Gasteiger charge is 2.21. The lowest BCUT2D eigenvalue weighted by Crippen LogP contribution is -2.40. The SMILES string of the molecule is C[C@H]1C[C@H](C)CN(CCCNC(=O)c2ccc(Cl)cc2F)C1. The molecule has 0 aromatic heterocycles. The minimum absolute atomic E-state index is 0.0459. The van der Waals surface area contributed by atoms with Gasteiger partial charge in [-0.25, -0.2) is 4.39 Å². The molecule has 1 aromatic rings. The van der Waals surface area contributed by atoms with Gasteiger partial charge in [0.2, 0.25) is 0 Å². The van der Waals surface area contributed by atoms with Crippen molar-refractivity contribution in [2.24, 2.45) is 11.8 Å². The van der Waals surface area contributed by atoms with Gasteiger partial charge in [0.1, 0.15) is 5.82 Å². The van der Waals surface area contributed by atoms with Gasteiger partial charge >= 0.3 is 0 Å². The first-order valence-corrected chi connectivity index (χ1v) is 8.29. The van der Waals surface area contributed by atoms with E-state index in [9.17, 15) is 9.18 Å². The Morgan fingerprint density at radius 2 is 2.05 bits per heavy atom. The maximum absolute atomic E-state index is 13.6. The van der Waals surface area contributed by atoms with E-state index < -0.39 is 5.82 Å². The first-order chi connectivity index (χ1) is 10.5. The van der Waals surface area contributed by atoms with Crippen LogP contribution in [0.2, 0.25) is 5.02 Å². The number of carbonyl (C=O) groups excluding carboxylic acids is 1. The van der Waals surface area contributed by atoms with Gasteiger partial charge in [0, 0.05) is 24.7 Å². The Kier molecular flexibility index (Phi) is 6.21. The van der Waals surface area contributed by atoms with Crippen molar-refractivity contribution in [3.8, 4) is 0 Å². The number of hydrogen-bond acceptors (Lipinski definition) is 2. The molecular weight excluding hydrogens is 303 g/mol. The lowest BCUT2D eigenvalue weighted by molar-refractivity contribution is 0.0943. The van der Waals surface area contributed by atoms with Crippen LogP contribution in [0.4, 0.5) is 4.39 Å². The Morgan fingerprint density at radius 1 is 1.36 bits per heavy atom. The zero-order chi connectivity index (χ0) is 16.1. The second kappa shape index (κ2) is 7.93. The van der Waals surface area contributed by atoms with Crippen LogP contribution in [0.5, 0.6) is 0 Å². The van der Waals surface area contributed by atoms with Crippen LogP contribution < -0.4 is 5.32 Å². The molecule has 5 heteroatoms. The van der Waals surface area contributed by atoms with Crippen molar-refractivity contribution in [3.05, 3.63) is 34.6 Å². The van der Waals surface area contributed by atoms with E-state index in [0.717, 1.165) is 44.0 Å². The van der Waals surface area contributed by atoms with Crippen LogP contribution in [0.25, 0.3) is 0 Å². The summed E-state index contributed by atoms with van der Waals surface area (Å²) in [6, 6.07) is 4.10. The molecule has 22 heavy (non-hydrogen) atoms. The second-order valence-electron chi connectivity index (χ2n) is 6.44. The van der Waals surface area contributed by atoms with Crippen molar-refractivity contribution in [1.29, 1.82) is 0 Å². The van der Waals surface area contributed by atoms with Crippen molar-refractivity contribution >= 4 is 17.5 Å². The molecule has 0 unspecified atom stereocenters. The van der Waals surface area contributed by atoms with Crippen LogP contribution in [0.3, 0.4) is 0 Å². The molecule has 1 aliphatic heterocycles. The van der Waals surface area contributed by atoms with Gasteiger partial charge in [0.05, 0.1) is 5.56 Å². The Bertz CT molecular complexity index is 513. The van der Waals surface area contributed by atoms with Gasteiger partial charge < -0.3 is 10.2 Å². The van der Waals surface area contributed by atoms with Crippen molar-refractivity contribution in [2.45, 2.75) is 26.7 Å². The molecular formula is C17H24ClFN2O. The molecule has 1 aliphatic rings. The quantitative estimate of drug-likeness (QED) is 0.839. The summed E-state index contributed by atoms with van der Waals surface area (Å²) in [5.41, 5.74) is 0.0459. The number of halogens is 2. The molecule has 0 saturated carbocycles. The van der Waals surface area contributed by atoms with E-state index in [1.165, 1.54) is 18.6 Å². The van der Waals surface area contributed by atoms with Crippen LogP contribution in [-0.2, 0) is 0 Å². The number of carbonyl (C=O) groups is 1. The molecule has 1 fully saturated rings. The van der Waals surface area contributed by atoms with E-state index in [2.05, 4.69) is 24.1 Å². The number of piperidine rings is 1.